The second-order valence-electron chi connectivity index (χ2n) is 6.48. The fourth-order valence-electron chi connectivity index (χ4n) is 2.65. The molecule has 186 valence electrons. The maximum absolute atomic E-state index is 14.8. The third kappa shape index (κ3) is 6.34. The quantitative estimate of drug-likeness (QED) is 0.146. The lowest BCUT2D eigenvalue weighted by Crippen LogP contribution is -2.53. The number of aliphatic hydroxyl groups excluding tert-OH is 1. The Bertz CT molecular complexity index is 920. The van der Waals surface area contributed by atoms with Gasteiger partial charge >= 0.3 is 29.4 Å². The number of hydrogen-bond donors (Lipinski definition) is 7. The van der Waals surface area contributed by atoms with Crippen LogP contribution in [0.1, 0.15) is 0 Å². The van der Waals surface area contributed by atoms with Crippen LogP contribution in [0.4, 0.5) is 8.78 Å². The standard InChI is InChI=1S/C11H19ClF2N3O12P3/c1-6-16-7(15)2-3-17(6)9-11(13,14)8(18)10(4-12,27-9)5-26-31(22,23)29-32(24,25)28-30(19,20)21/h2-3,7-9,16,18H,1,4-5,15H2,(H,22,23)(H,24,25)(H2,19,20,21)/t7?,8-,9-,10-/m1/s1. The van der Waals surface area contributed by atoms with Crippen molar-refractivity contribution in [3.8, 4) is 0 Å². The van der Waals surface area contributed by atoms with Crippen molar-refractivity contribution in [2.24, 2.45) is 5.73 Å². The number of nitrogens with two attached hydrogens (primary N) is 1. The van der Waals surface area contributed by atoms with Gasteiger partial charge in [0.15, 0.2) is 6.10 Å². The lowest BCUT2D eigenvalue weighted by atomic mass is 9.97. The molecule has 6 atom stereocenters. The summed E-state index contributed by atoms with van der Waals surface area (Å²) in [6.07, 6.45) is -3.39. The van der Waals surface area contributed by atoms with Crippen LogP contribution < -0.4 is 11.1 Å². The highest BCUT2D eigenvalue weighted by molar-refractivity contribution is 7.66. The minimum Gasteiger partial charge on any atom is -0.383 e. The summed E-state index contributed by atoms with van der Waals surface area (Å²) in [5, 5.41) is 12.7. The number of nitrogens with zero attached hydrogens (tertiary/aromatic N) is 1. The third-order valence-electron chi connectivity index (χ3n) is 4.00. The monoisotopic (exact) mass is 551 g/mol. The molecule has 0 bridgehead atoms. The van der Waals surface area contributed by atoms with Gasteiger partial charge in [0.05, 0.1) is 18.7 Å². The molecule has 21 heteroatoms. The Morgan fingerprint density at radius 3 is 2.34 bits per heavy atom. The Kier molecular flexibility index (Phi) is 8.06. The van der Waals surface area contributed by atoms with Crippen LogP contribution in [-0.4, -0.2) is 72.1 Å². The first kappa shape index (κ1) is 27.8. The van der Waals surface area contributed by atoms with E-state index in [1.807, 2.05) is 0 Å². The first-order valence-electron chi connectivity index (χ1n) is 8.10. The molecular weight excluding hydrogens is 533 g/mol. The molecule has 15 nitrogen and oxygen atoms in total. The summed E-state index contributed by atoms with van der Waals surface area (Å²) in [4.78, 5) is 36.4. The number of alkyl halides is 3. The van der Waals surface area contributed by atoms with Crippen LogP contribution in [0, 0.1) is 0 Å². The second-order valence-corrected chi connectivity index (χ2v) is 11.2. The van der Waals surface area contributed by atoms with Gasteiger partial charge in [0, 0.05) is 6.20 Å². The summed E-state index contributed by atoms with van der Waals surface area (Å²) in [5.74, 6) is -5.15. The SMILES string of the molecule is C=C1NC(N)C=CN1[C@@H]1O[C@](CCl)(COP(=O)(O)OP(=O)(O)OP(=O)(O)O)[C@@H](O)C1(F)F. The minimum atomic E-state index is -5.85. The van der Waals surface area contributed by atoms with Crippen LogP contribution >= 0.6 is 35.1 Å². The molecule has 2 aliphatic rings. The van der Waals surface area contributed by atoms with Crippen LogP contribution in [-0.2, 0) is 31.6 Å². The van der Waals surface area contributed by atoms with Gasteiger partial charge in [0.1, 0.15) is 11.4 Å². The van der Waals surface area contributed by atoms with Crippen molar-refractivity contribution < 1.29 is 65.0 Å². The van der Waals surface area contributed by atoms with Gasteiger partial charge in [-0.25, -0.2) is 13.7 Å². The number of aliphatic hydroxyl groups is 1. The first-order valence-corrected chi connectivity index (χ1v) is 13.2. The van der Waals surface area contributed by atoms with Gasteiger partial charge in [-0.3, -0.25) is 4.52 Å². The van der Waals surface area contributed by atoms with Crippen LogP contribution in [0.3, 0.4) is 0 Å². The zero-order valence-electron chi connectivity index (χ0n) is 15.6. The summed E-state index contributed by atoms with van der Waals surface area (Å²) < 4.78 is 80.0. The molecule has 0 saturated carbocycles. The predicted molar refractivity (Wildman–Crippen MR) is 100 cm³/mol. The van der Waals surface area contributed by atoms with E-state index in [1.54, 1.807) is 0 Å². The van der Waals surface area contributed by atoms with Gasteiger partial charge in [-0.1, -0.05) is 6.58 Å². The Morgan fingerprint density at radius 1 is 1.25 bits per heavy atom. The van der Waals surface area contributed by atoms with Crippen LogP contribution in [0.25, 0.3) is 0 Å². The zero-order valence-corrected chi connectivity index (χ0v) is 19.0. The Balaban J connectivity index is 2.21. The van der Waals surface area contributed by atoms with Gasteiger partial charge in [-0.15, -0.1) is 11.6 Å². The van der Waals surface area contributed by atoms with E-state index in [0.717, 1.165) is 11.1 Å². The molecule has 32 heavy (non-hydrogen) atoms. The topological polar surface area (TPSA) is 231 Å². The molecule has 0 aromatic heterocycles. The molecule has 3 unspecified atom stereocenters. The van der Waals surface area contributed by atoms with Crippen molar-refractivity contribution in [1.29, 1.82) is 0 Å². The molecule has 0 aromatic carbocycles. The van der Waals surface area contributed by atoms with Gasteiger partial charge in [0.25, 0.3) is 0 Å². The van der Waals surface area contributed by atoms with E-state index in [0.29, 0.717) is 0 Å². The normalized spacial score (nSPS) is 34.1. The number of halogens is 3. The van der Waals surface area contributed by atoms with Gasteiger partial charge in [-0.2, -0.15) is 17.4 Å². The van der Waals surface area contributed by atoms with E-state index >= 15 is 0 Å². The van der Waals surface area contributed by atoms with Crippen molar-refractivity contribution in [1.82, 2.24) is 10.2 Å². The minimum absolute atomic E-state index is 0.143. The van der Waals surface area contributed by atoms with E-state index in [9.17, 15) is 32.5 Å². The van der Waals surface area contributed by atoms with Gasteiger partial charge in [0.2, 0.25) is 6.23 Å². The second kappa shape index (κ2) is 9.29. The molecule has 1 saturated heterocycles. The zero-order chi connectivity index (χ0) is 24.8. The lowest BCUT2D eigenvalue weighted by molar-refractivity contribution is -0.153. The Labute approximate surface area is 183 Å². The smallest absolute Gasteiger partial charge is 0.383 e. The summed E-state index contributed by atoms with van der Waals surface area (Å²) in [6.45, 7) is 2.09. The van der Waals surface area contributed by atoms with Crippen LogP contribution in [0.15, 0.2) is 24.7 Å². The molecule has 2 rings (SSSR count). The summed E-state index contributed by atoms with van der Waals surface area (Å²) in [6, 6.07) is 0. The molecule has 0 amide bonds. The van der Waals surface area contributed by atoms with Crippen LogP contribution in [0.5, 0.6) is 0 Å². The van der Waals surface area contributed by atoms with Crippen LogP contribution in [0.2, 0.25) is 0 Å². The summed E-state index contributed by atoms with van der Waals surface area (Å²) >= 11 is 5.66. The molecule has 0 aliphatic carbocycles. The van der Waals surface area contributed by atoms with Gasteiger partial charge < -0.3 is 45.4 Å². The number of ether oxygens (including phenoxy) is 1. The largest absolute Gasteiger partial charge is 0.490 e. The highest BCUT2D eigenvalue weighted by atomic mass is 35.5. The molecule has 0 aromatic rings. The molecule has 0 spiro atoms. The highest BCUT2D eigenvalue weighted by Crippen LogP contribution is 2.66. The van der Waals surface area contributed by atoms with Crippen molar-refractivity contribution in [3.63, 3.8) is 0 Å². The third-order valence-corrected chi connectivity index (χ3v) is 8.24. The van der Waals surface area contributed by atoms with E-state index in [-0.39, 0.29) is 5.82 Å². The van der Waals surface area contributed by atoms with E-state index in [4.69, 9.17) is 36.8 Å². The van der Waals surface area contributed by atoms with E-state index < -0.39 is 66.0 Å². The molecule has 1 fully saturated rings. The molecule has 2 aliphatic heterocycles. The fourth-order valence-corrected chi connectivity index (χ4v) is 6.02. The maximum Gasteiger partial charge on any atom is 0.490 e. The summed E-state index contributed by atoms with van der Waals surface area (Å²) in [7, 11) is -17.2. The predicted octanol–water partition coefficient (Wildman–Crippen LogP) is -0.165. The fraction of sp³-hybridized carbons (Fsp3) is 0.636. The van der Waals surface area contributed by atoms with Gasteiger partial charge in [-0.05, 0) is 6.08 Å². The molecule has 2 heterocycles. The Hall–Kier alpha value is -0.480. The molecular formula is C11H19ClF2N3O12P3. The number of phosphoric ester groups is 1. The van der Waals surface area contributed by atoms with Crippen molar-refractivity contribution >= 4 is 35.1 Å². The highest BCUT2D eigenvalue weighted by Gasteiger charge is 2.68. The Morgan fingerprint density at radius 2 is 1.84 bits per heavy atom. The van der Waals surface area contributed by atoms with Crippen molar-refractivity contribution in [2.45, 2.75) is 30.0 Å². The van der Waals surface area contributed by atoms with Crippen molar-refractivity contribution in [2.75, 3.05) is 12.5 Å². The number of rotatable bonds is 9. The molecule has 0 radical (unpaired) electrons. The van der Waals surface area contributed by atoms with Crippen molar-refractivity contribution in [3.05, 3.63) is 24.7 Å². The average molecular weight is 552 g/mol. The van der Waals surface area contributed by atoms with E-state index in [1.165, 1.54) is 6.08 Å². The van der Waals surface area contributed by atoms with E-state index in [2.05, 4.69) is 25.0 Å². The number of hydrogen-bond acceptors (Lipinski definition) is 11. The summed E-state index contributed by atoms with van der Waals surface area (Å²) in [5.41, 5.74) is 3.00. The first-order chi connectivity index (χ1) is 14.3. The lowest BCUT2D eigenvalue weighted by Gasteiger charge is -2.36. The molecule has 8 N–H and O–H groups in total. The maximum atomic E-state index is 14.8. The number of phosphoric acid groups is 3. The average Bonchev–Trinajstić information content (AvgIpc) is 2.78. The number of nitrogens with one attached hydrogen (secondary N) is 1.